The Kier molecular flexibility index (Phi) is 6.85. The summed E-state index contributed by atoms with van der Waals surface area (Å²) in [6.45, 7) is 4.41. The van der Waals surface area contributed by atoms with Crippen LogP contribution in [0.4, 0.5) is 0 Å². The van der Waals surface area contributed by atoms with E-state index in [0.717, 1.165) is 73.8 Å². The van der Waals surface area contributed by atoms with Gasteiger partial charge >= 0.3 is 0 Å². The molecule has 5 nitrogen and oxygen atoms in total. The molecule has 1 atom stereocenters. The molecule has 0 aromatic heterocycles. The molecule has 1 amide bonds. The minimum Gasteiger partial charge on any atom is -0.497 e. The molecular weight excluding hydrogens is 410 g/mol. The Morgan fingerprint density at radius 3 is 2.48 bits per heavy atom. The Bertz CT molecular complexity index is 894. The van der Waals surface area contributed by atoms with Crippen molar-refractivity contribution in [3.05, 3.63) is 64.7 Å². The molecule has 0 radical (unpaired) electrons. The number of carbonyl (C=O) groups excluding carboxylic acids is 1. The van der Waals surface area contributed by atoms with Crippen molar-refractivity contribution in [1.29, 1.82) is 0 Å². The van der Waals surface area contributed by atoms with Gasteiger partial charge in [-0.05, 0) is 80.7 Å². The van der Waals surface area contributed by atoms with Gasteiger partial charge in [0.1, 0.15) is 5.75 Å². The van der Waals surface area contributed by atoms with Crippen molar-refractivity contribution in [2.45, 2.75) is 38.3 Å². The van der Waals surface area contributed by atoms with Gasteiger partial charge in [-0.2, -0.15) is 0 Å². The van der Waals surface area contributed by atoms with Crippen LogP contribution in [-0.2, 0) is 11.3 Å². The molecule has 2 saturated heterocycles. The Hall–Kier alpha value is -2.08. The first kappa shape index (κ1) is 22.1. The number of ether oxygens (including phenoxy) is 1. The second-order valence-corrected chi connectivity index (χ2v) is 9.33. The van der Waals surface area contributed by atoms with Crippen LogP contribution in [0.3, 0.4) is 0 Å². The molecule has 2 fully saturated rings. The number of likely N-dealkylation sites (tertiary alicyclic amines) is 2. The molecule has 0 bridgehead atoms. The molecule has 166 valence electrons. The van der Waals surface area contributed by atoms with Gasteiger partial charge in [-0.15, -0.1) is 0 Å². The summed E-state index contributed by atoms with van der Waals surface area (Å²) in [5.41, 5.74) is 8.44. The lowest BCUT2D eigenvalue weighted by Crippen LogP contribution is -2.45. The van der Waals surface area contributed by atoms with Gasteiger partial charge in [-0.25, -0.2) is 0 Å². The zero-order valence-corrected chi connectivity index (χ0v) is 19.0. The summed E-state index contributed by atoms with van der Waals surface area (Å²) in [5, 5.41) is 0.729. The minimum absolute atomic E-state index is 0.0114. The number of rotatable bonds is 7. The SMILES string of the molecule is COc1ccc(CN2CCC3(CCN(CC[C@H](N)c4cccc(Cl)c4)CC3)C2=O)cc1. The summed E-state index contributed by atoms with van der Waals surface area (Å²) in [7, 11) is 1.67. The van der Waals surface area contributed by atoms with Gasteiger partial charge < -0.3 is 20.3 Å². The van der Waals surface area contributed by atoms with Gasteiger partial charge in [-0.1, -0.05) is 35.9 Å². The number of benzene rings is 2. The first-order valence-electron chi connectivity index (χ1n) is 11.1. The molecule has 0 saturated carbocycles. The average molecular weight is 442 g/mol. The van der Waals surface area contributed by atoms with E-state index < -0.39 is 0 Å². The zero-order valence-electron chi connectivity index (χ0n) is 18.2. The number of halogens is 1. The lowest BCUT2D eigenvalue weighted by atomic mass is 9.77. The Morgan fingerprint density at radius 2 is 1.81 bits per heavy atom. The Labute approximate surface area is 190 Å². The molecular formula is C25H32ClN3O2. The van der Waals surface area contributed by atoms with E-state index in [2.05, 4.69) is 4.90 Å². The molecule has 0 aliphatic carbocycles. The molecule has 1 spiro atoms. The number of amides is 1. The predicted molar refractivity (Wildman–Crippen MR) is 124 cm³/mol. The minimum atomic E-state index is -0.169. The van der Waals surface area contributed by atoms with Crippen LogP contribution in [0.15, 0.2) is 48.5 Å². The van der Waals surface area contributed by atoms with Crippen LogP contribution in [0.2, 0.25) is 5.02 Å². The van der Waals surface area contributed by atoms with Crippen molar-refractivity contribution in [3.63, 3.8) is 0 Å². The van der Waals surface area contributed by atoms with Crippen LogP contribution >= 0.6 is 11.6 Å². The third-order valence-corrected chi connectivity index (χ3v) is 7.22. The van der Waals surface area contributed by atoms with Gasteiger partial charge in [0.05, 0.1) is 12.5 Å². The van der Waals surface area contributed by atoms with E-state index in [0.29, 0.717) is 12.5 Å². The number of methoxy groups -OCH3 is 1. The first-order valence-corrected chi connectivity index (χ1v) is 11.5. The summed E-state index contributed by atoms with van der Waals surface area (Å²) in [5.74, 6) is 1.18. The van der Waals surface area contributed by atoms with E-state index in [1.54, 1.807) is 7.11 Å². The van der Waals surface area contributed by atoms with Crippen LogP contribution in [0, 0.1) is 5.41 Å². The van der Waals surface area contributed by atoms with Gasteiger partial charge in [0.25, 0.3) is 0 Å². The van der Waals surface area contributed by atoms with Crippen LogP contribution in [0.1, 0.15) is 42.9 Å². The van der Waals surface area contributed by atoms with E-state index >= 15 is 0 Å². The summed E-state index contributed by atoms with van der Waals surface area (Å²) in [4.78, 5) is 17.7. The van der Waals surface area contributed by atoms with E-state index in [1.165, 1.54) is 0 Å². The molecule has 6 heteroatoms. The number of hydrogen-bond acceptors (Lipinski definition) is 4. The number of hydrogen-bond donors (Lipinski definition) is 1. The fourth-order valence-corrected chi connectivity index (χ4v) is 5.09. The van der Waals surface area contributed by atoms with Crippen molar-refractivity contribution in [3.8, 4) is 5.75 Å². The molecule has 2 aromatic rings. The molecule has 2 aliphatic rings. The van der Waals surface area contributed by atoms with E-state index in [4.69, 9.17) is 22.1 Å². The third kappa shape index (κ3) is 5.05. The lowest BCUT2D eigenvalue weighted by molar-refractivity contribution is -0.138. The highest BCUT2D eigenvalue weighted by molar-refractivity contribution is 6.30. The Balaban J connectivity index is 1.27. The number of nitrogens with zero attached hydrogens (tertiary/aromatic N) is 2. The van der Waals surface area contributed by atoms with Crippen LogP contribution in [0.25, 0.3) is 0 Å². The van der Waals surface area contributed by atoms with Crippen molar-refractivity contribution in [2.75, 3.05) is 33.3 Å². The molecule has 0 unspecified atom stereocenters. The fraction of sp³-hybridized carbons (Fsp3) is 0.480. The van der Waals surface area contributed by atoms with Crippen molar-refractivity contribution in [1.82, 2.24) is 9.80 Å². The van der Waals surface area contributed by atoms with E-state index in [1.807, 2.05) is 53.4 Å². The van der Waals surface area contributed by atoms with E-state index in [9.17, 15) is 4.79 Å². The van der Waals surface area contributed by atoms with Crippen molar-refractivity contribution >= 4 is 17.5 Å². The molecule has 4 rings (SSSR count). The third-order valence-electron chi connectivity index (χ3n) is 6.98. The lowest BCUT2D eigenvalue weighted by Gasteiger charge is -2.38. The molecule has 2 aliphatic heterocycles. The second-order valence-electron chi connectivity index (χ2n) is 8.90. The van der Waals surface area contributed by atoms with Gasteiger partial charge in [0.2, 0.25) is 5.91 Å². The van der Waals surface area contributed by atoms with Crippen molar-refractivity contribution < 1.29 is 9.53 Å². The monoisotopic (exact) mass is 441 g/mol. The maximum atomic E-state index is 13.2. The molecule has 2 N–H and O–H groups in total. The van der Waals surface area contributed by atoms with Crippen molar-refractivity contribution in [2.24, 2.45) is 11.1 Å². The maximum absolute atomic E-state index is 13.2. The van der Waals surface area contributed by atoms with Gasteiger partial charge in [0.15, 0.2) is 0 Å². The zero-order chi connectivity index (χ0) is 21.8. The van der Waals surface area contributed by atoms with Gasteiger partial charge in [0, 0.05) is 24.2 Å². The predicted octanol–water partition coefficient (Wildman–Crippen LogP) is 4.25. The number of nitrogens with two attached hydrogens (primary N) is 1. The average Bonchev–Trinajstić information content (AvgIpc) is 3.09. The normalized spacial score (nSPS) is 19.7. The van der Waals surface area contributed by atoms with Gasteiger partial charge in [-0.3, -0.25) is 4.79 Å². The smallest absolute Gasteiger partial charge is 0.229 e. The fourth-order valence-electron chi connectivity index (χ4n) is 4.89. The number of piperidine rings is 1. The summed E-state index contributed by atoms with van der Waals surface area (Å²) in [6, 6.07) is 15.8. The molecule has 2 heterocycles. The molecule has 31 heavy (non-hydrogen) atoms. The molecule has 2 aromatic carbocycles. The van der Waals surface area contributed by atoms with Crippen LogP contribution < -0.4 is 10.5 Å². The highest BCUT2D eigenvalue weighted by Crippen LogP contribution is 2.42. The highest BCUT2D eigenvalue weighted by atomic mass is 35.5. The Morgan fingerprint density at radius 1 is 1.10 bits per heavy atom. The summed E-state index contributed by atoms with van der Waals surface area (Å²) in [6.07, 6.45) is 3.75. The summed E-state index contributed by atoms with van der Waals surface area (Å²) >= 11 is 6.09. The maximum Gasteiger partial charge on any atom is 0.229 e. The second kappa shape index (κ2) is 9.60. The largest absolute Gasteiger partial charge is 0.497 e. The number of carbonyl (C=O) groups is 1. The van der Waals surface area contributed by atoms with Crippen LogP contribution in [0.5, 0.6) is 5.75 Å². The standard InChI is InChI=1S/C25H32ClN3O2/c1-31-22-7-5-19(6-8-22)18-29-16-12-25(24(29)30)10-14-28(15-11-25)13-9-23(27)20-3-2-4-21(26)17-20/h2-8,17,23H,9-16,18,27H2,1H3/t23-/m0/s1. The first-order chi connectivity index (χ1) is 15.0. The highest BCUT2D eigenvalue weighted by Gasteiger charge is 2.47. The quantitative estimate of drug-likeness (QED) is 0.697. The summed E-state index contributed by atoms with van der Waals surface area (Å²) < 4.78 is 5.23. The topological polar surface area (TPSA) is 58.8 Å². The van der Waals surface area contributed by atoms with Crippen LogP contribution in [-0.4, -0.2) is 49.0 Å². The van der Waals surface area contributed by atoms with E-state index in [-0.39, 0.29) is 11.5 Å².